The van der Waals surface area contributed by atoms with Crippen LogP contribution in [0.25, 0.3) is 0 Å². The third-order valence-corrected chi connectivity index (χ3v) is 3.38. The summed E-state index contributed by atoms with van der Waals surface area (Å²) in [6.45, 7) is 1.65. The van der Waals surface area contributed by atoms with Crippen molar-refractivity contribution in [3.05, 3.63) is 12.3 Å². The summed E-state index contributed by atoms with van der Waals surface area (Å²) in [5.41, 5.74) is 0. The first-order chi connectivity index (χ1) is 9.11. The number of nitrogens with zero attached hydrogens (tertiary/aromatic N) is 4. The van der Waals surface area contributed by atoms with Crippen LogP contribution in [0.2, 0.25) is 0 Å². The molecule has 19 heavy (non-hydrogen) atoms. The van der Waals surface area contributed by atoms with Crippen molar-refractivity contribution in [2.24, 2.45) is 5.92 Å². The molecule has 0 N–H and O–H groups in total. The lowest BCUT2D eigenvalue weighted by Crippen LogP contribution is -2.37. The number of esters is 1. The van der Waals surface area contributed by atoms with Crippen LogP contribution < -0.4 is 9.80 Å². The van der Waals surface area contributed by atoms with E-state index in [2.05, 4.69) is 14.9 Å². The summed E-state index contributed by atoms with van der Waals surface area (Å²) in [6, 6.07) is 1.91. The zero-order chi connectivity index (χ0) is 13.8. The second-order valence-corrected chi connectivity index (χ2v) is 4.89. The van der Waals surface area contributed by atoms with Crippen molar-refractivity contribution in [3.8, 4) is 0 Å². The van der Waals surface area contributed by atoms with E-state index in [4.69, 9.17) is 4.74 Å². The fourth-order valence-electron chi connectivity index (χ4n) is 2.24. The predicted octanol–water partition coefficient (Wildman–Crippen LogP) is 0.932. The van der Waals surface area contributed by atoms with Gasteiger partial charge in [-0.05, 0) is 18.9 Å². The summed E-state index contributed by atoms with van der Waals surface area (Å²) >= 11 is 0. The van der Waals surface area contributed by atoms with E-state index in [1.807, 2.05) is 25.1 Å². The van der Waals surface area contributed by atoms with Crippen molar-refractivity contribution in [1.82, 2.24) is 9.97 Å². The van der Waals surface area contributed by atoms with Crippen LogP contribution in [-0.4, -0.2) is 50.2 Å². The number of aromatic nitrogens is 2. The van der Waals surface area contributed by atoms with Gasteiger partial charge in [-0.2, -0.15) is 4.98 Å². The highest BCUT2D eigenvalue weighted by atomic mass is 16.5. The molecule has 0 radical (unpaired) electrons. The van der Waals surface area contributed by atoms with E-state index >= 15 is 0 Å². The lowest BCUT2D eigenvalue weighted by Gasteiger charge is -2.31. The summed E-state index contributed by atoms with van der Waals surface area (Å²) < 4.78 is 4.79. The number of carbonyl (C=O) groups excluding carboxylic acids is 1. The van der Waals surface area contributed by atoms with E-state index in [1.165, 1.54) is 7.11 Å². The Balaban J connectivity index is 2.01. The zero-order valence-electron chi connectivity index (χ0n) is 11.7. The van der Waals surface area contributed by atoms with Gasteiger partial charge in [0.05, 0.1) is 13.0 Å². The van der Waals surface area contributed by atoms with Gasteiger partial charge < -0.3 is 14.5 Å². The largest absolute Gasteiger partial charge is 0.469 e. The first-order valence-corrected chi connectivity index (χ1v) is 6.45. The molecule has 6 heteroatoms. The van der Waals surface area contributed by atoms with Gasteiger partial charge in [0.1, 0.15) is 5.82 Å². The third kappa shape index (κ3) is 3.13. The topological polar surface area (TPSA) is 58.6 Å². The number of carbonyl (C=O) groups is 1. The van der Waals surface area contributed by atoms with Gasteiger partial charge in [-0.3, -0.25) is 4.79 Å². The van der Waals surface area contributed by atoms with E-state index in [1.54, 1.807) is 6.20 Å². The van der Waals surface area contributed by atoms with Gasteiger partial charge in [0.25, 0.3) is 0 Å². The minimum Gasteiger partial charge on any atom is -0.469 e. The Kier molecular flexibility index (Phi) is 4.19. The SMILES string of the molecule is COC(=O)C1CCN(c2ccnc(N(C)C)n2)CC1. The molecule has 1 aromatic rings. The molecule has 0 spiro atoms. The van der Waals surface area contributed by atoms with Crippen LogP contribution in [0.15, 0.2) is 12.3 Å². The Labute approximate surface area is 113 Å². The average Bonchev–Trinajstić information content (AvgIpc) is 2.46. The monoisotopic (exact) mass is 264 g/mol. The summed E-state index contributed by atoms with van der Waals surface area (Å²) in [7, 11) is 5.29. The molecule has 1 aliphatic heterocycles. The molecule has 1 saturated heterocycles. The van der Waals surface area contributed by atoms with Gasteiger partial charge in [0, 0.05) is 33.4 Å². The van der Waals surface area contributed by atoms with E-state index in [-0.39, 0.29) is 11.9 Å². The summed E-state index contributed by atoms with van der Waals surface area (Å²) in [5, 5.41) is 0. The first kappa shape index (κ1) is 13.6. The van der Waals surface area contributed by atoms with E-state index in [9.17, 15) is 4.79 Å². The number of anilines is 2. The van der Waals surface area contributed by atoms with Crippen LogP contribution in [0, 0.1) is 5.92 Å². The van der Waals surface area contributed by atoms with Crippen molar-refractivity contribution < 1.29 is 9.53 Å². The molecular formula is C13H20N4O2. The maximum atomic E-state index is 11.5. The van der Waals surface area contributed by atoms with Crippen LogP contribution in [0.4, 0.5) is 11.8 Å². The van der Waals surface area contributed by atoms with E-state index in [0.717, 1.165) is 31.7 Å². The van der Waals surface area contributed by atoms with Crippen molar-refractivity contribution in [2.45, 2.75) is 12.8 Å². The van der Waals surface area contributed by atoms with Gasteiger partial charge >= 0.3 is 5.97 Å². The Hall–Kier alpha value is -1.85. The minimum absolute atomic E-state index is 0.0245. The minimum atomic E-state index is -0.101. The van der Waals surface area contributed by atoms with Crippen molar-refractivity contribution >= 4 is 17.7 Å². The average molecular weight is 264 g/mol. The molecule has 0 unspecified atom stereocenters. The number of piperidine rings is 1. The van der Waals surface area contributed by atoms with Gasteiger partial charge in [-0.15, -0.1) is 0 Å². The molecule has 0 atom stereocenters. The Bertz CT molecular complexity index is 442. The van der Waals surface area contributed by atoms with Crippen molar-refractivity contribution in [3.63, 3.8) is 0 Å². The number of ether oxygens (including phenoxy) is 1. The highest BCUT2D eigenvalue weighted by molar-refractivity contribution is 5.72. The molecule has 6 nitrogen and oxygen atoms in total. The fraction of sp³-hybridized carbons (Fsp3) is 0.615. The van der Waals surface area contributed by atoms with Crippen molar-refractivity contribution in [2.75, 3.05) is 44.1 Å². The van der Waals surface area contributed by atoms with Crippen LogP contribution in [0.5, 0.6) is 0 Å². The predicted molar refractivity (Wildman–Crippen MR) is 73.3 cm³/mol. The summed E-state index contributed by atoms with van der Waals surface area (Å²) in [4.78, 5) is 24.3. The fourth-order valence-corrected chi connectivity index (χ4v) is 2.24. The quantitative estimate of drug-likeness (QED) is 0.757. The van der Waals surface area contributed by atoms with E-state index < -0.39 is 0 Å². The number of rotatable bonds is 3. The molecule has 1 fully saturated rings. The van der Waals surface area contributed by atoms with Crippen LogP contribution in [0.1, 0.15) is 12.8 Å². The molecule has 0 amide bonds. The highest BCUT2D eigenvalue weighted by Gasteiger charge is 2.26. The van der Waals surface area contributed by atoms with Crippen LogP contribution in [0.3, 0.4) is 0 Å². The molecule has 104 valence electrons. The molecule has 0 bridgehead atoms. The lowest BCUT2D eigenvalue weighted by molar-refractivity contribution is -0.146. The second-order valence-electron chi connectivity index (χ2n) is 4.89. The van der Waals surface area contributed by atoms with Gasteiger partial charge in [-0.25, -0.2) is 4.98 Å². The number of hydrogen-bond donors (Lipinski definition) is 0. The highest BCUT2D eigenvalue weighted by Crippen LogP contribution is 2.23. The second kappa shape index (κ2) is 5.86. The smallest absolute Gasteiger partial charge is 0.308 e. The van der Waals surface area contributed by atoms with Crippen LogP contribution in [-0.2, 0) is 9.53 Å². The summed E-state index contributed by atoms with van der Waals surface area (Å²) in [5.74, 6) is 1.54. The number of hydrogen-bond acceptors (Lipinski definition) is 6. The molecule has 2 rings (SSSR count). The Morgan fingerprint density at radius 3 is 2.68 bits per heavy atom. The van der Waals surface area contributed by atoms with Crippen molar-refractivity contribution in [1.29, 1.82) is 0 Å². The standard InChI is InChI=1S/C13H20N4O2/c1-16(2)13-14-7-4-11(15-13)17-8-5-10(6-9-17)12(18)19-3/h4,7,10H,5-6,8-9H2,1-3H3. The third-order valence-electron chi connectivity index (χ3n) is 3.38. The van der Waals surface area contributed by atoms with Gasteiger partial charge in [0.15, 0.2) is 0 Å². The van der Waals surface area contributed by atoms with Gasteiger partial charge in [-0.1, -0.05) is 0 Å². The molecule has 1 aliphatic rings. The molecule has 1 aromatic heterocycles. The maximum absolute atomic E-state index is 11.5. The zero-order valence-corrected chi connectivity index (χ0v) is 11.7. The number of methoxy groups -OCH3 is 1. The molecular weight excluding hydrogens is 244 g/mol. The molecule has 0 saturated carbocycles. The molecule has 0 aromatic carbocycles. The first-order valence-electron chi connectivity index (χ1n) is 6.45. The normalized spacial score (nSPS) is 16.3. The van der Waals surface area contributed by atoms with E-state index in [0.29, 0.717) is 5.95 Å². The summed E-state index contributed by atoms with van der Waals surface area (Å²) in [6.07, 6.45) is 3.39. The molecule has 2 heterocycles. The Morgan fingerprint density at radius 1 is 1.42 bits per heavy atom. The van der Waals surface area contributed by atoms with Gasteiger partial charge in [0.2, 0.25) is 5.95 Å². The van der Waals surface area contributed by atoms with Crippen LogP contribution >= 0.6 is 0 Å². The molecule has 0 aliphatic carbocycles. The lowest BCUT2D eigenvalue weighted by atomic mass is 9.97. The maximum Gasteiger partial charge on any atom is 0.308 e. The Morgan fingerprint density at radius 2 is 2.11 bits per heavy atom.